The van der Waals surface area contributed by atoms with Gasteiger partial charge in [0.25, 0.3) is 0 Å². The fourth-order valence-corrected chi connectivity index (χ4v) is 1.99. The van der Waals surface area contributed by atoms with E-state index in [0.717, 1.165) is 5.56 Å². The van der Waals surface area contributed by atoms with Crippen molar-refractivity contribution in [2.24, 2.45) is 0 Å². The van der Waals surface area contributed by atoms with Crippen LogP contribution in [0.3, 0.4) is 0 Å². The predicted molar refractivity (Wildman–Crippen MR) is 66.2 cm³/mol. The van der Waals surface area contributed by atoms with Crippen LogP contribution in [0.25, 0.3) is 0 Å². The first kappa shape index (κ1) is 13.1. The lowest BCUT2D eigenvalue weighted by molar-refractivity contribution is -0.138. The number of esters is 1. The molecule has 0 radical (unpaired) electrons. The molecule has 1 heterocycles. The molecular formula is C13H13ClO4. The minimum absolute atomic E-state index is 0.0700. The van der Waals surface area contributed by atoms with Crippen LogP contribution in [0.15, 0.2) is 35.9 Å². The number of benzene rings is 1. The Morgan fingerprint density at radius 1 is 1.44 bits per heavy atom. The lowest BCUT2D eigenvalue weighted by Crippen LogP contribution is -2.14. The van der Waals surface area contributed by atoms with Gasteiger partial charge in [-0.2, -0.15) is 0 Å². The molecule has 0 saturated heterocycles. The lowest BCUT2D eigenvalue weighted by Gasteiger charge is -2.18. The molecule has 4 nitrogen and oxygen atoms in total. The smallest absolute Gasteiger partial charge is 0.337 e. The summed E-state index contributed by atoms with van der Waals surface area (Å²) < 4.78 is 15.3. The van der Waals surface area contributed by atoms with E-state index < -0.39 is 6.10 Å². The van der Waals surface area contributed by atoms with Crippen LogP contribution >= 0.6 is 11.6 Å². The Bertz CT molecular complexity index is 470. The molecule has 1 aromatic carbocycles. The molecule has 1 aromatic rings. The van der Waals surface area contributed by atoms with Crippen molar-refractivity contribution in [1.82, 2.24) is 0 Å². The van der Waals surface area contributed by atoms with Crippen molar-refractivity contribution in [2.45, 2.75) is 6.10 Å². The molecule has 2 rings (SSSR count). The highest BCUT2D eigenvalue weighted by Gasteiger charge is 2.29. The second-order valence-electron chi connectivity index (χ2n) is 3.73. The molecule has 0 saturated carbocycles. The summed E-state index contributed by atoms with van der Waals surface area (Å²) in [7, 11) is 1.52. The highest BCUT2D eigenvalue weighted by atomic mass is 35.5. The maximum Gasteiger partial charge on any atom is 0.337 e. The number of halogens is 1. The molecule has 0 aliphatic carbocycles. The van der Waals surface area contributed by atoms with Gasteiger partial charge in [-0.15, -0.1) is 0 Å². The van der Waals surface area contributed by atoms with Crippen LogP contribution in [-0.4, -0.2) is 26.5 Å². The topological polar surface area (TPSA) is 44.8 Å². The molecule has 96 valence electrons. The zero-order chi connectivity index (χ0) is 13.0. The molecule has 1 atom stereocenters. The Morgan fingerprint density at radius 2 is 2.22 bits per heavy atom. The first-order chi connectivity index (χ1) is 8.74. The van der Waals surface area contributed by atoms with Gasteiger partial charge in [0.15, 0.2) is 0 Å². The standard InChI is InChI=1S/C13H13ClO4/c1-16-8-18-12(10-6-7-17-13(10)15)9-4-2-3-5-11(9)14/h2-6,12H,7-8H2,1H3. The van der Waals surface area contributed by atoms with Gasteiger partial charge in [-0.25, -0.2) is 4.79 Å². The van der Waals surface area contributed by atoms with Crippen molar-refractivity contribution in [2.75, 3.05) is 20.5 Å². The Morgan fingerprint density at radius 3 is 2.83 bits per heavy atom. The molecule has 1 aliphatic rings. The van der Waals surface area contributed by atoms with Gasteiger partial charge < -0.3 is 14.2 Å². The minimum atomic E-state index is -0.561. The summed E-state index contributed by atoms with van der Waals surface area (Å²) >= 11 is 6.12. The van der Waals surface area contributed by atoms with Gasteiger partial charge in [-0.05, 0) is 12.1 Å². The number of cyclic esters (lactones) is 1. The van der Waals surface area contributed by atoms with Crippen LogP contribution in [0.5, 0.6) is 0 Å². The SMILES string of the molecule is COCOC(C1=CCOC1=O)c1ccccc1Cl. The summed E-state index contributed by atoms with van der Waals surface area (Å²) in [5, 5.41) is 0.541. The van der Waals surface area contributed by atoms with E-state index in [9.17, 15) is 4.79 Å². The summed E-state index contributed by atoms with van der Waals surface area (Å²) in [5.74, 6) is -0.379. The second-order valence-corrected chi connectivity index (χ2v) is 4.14. The third-order valence-corrected chi connectivity index (χ3v) is 2.92. The van der Waals surface area contributed by atoms with Gasteiger partial charge in [0.2, 0.25) is 0 Å². The van der Waals surface area contributed by atoms with E-state index >= 15 is 0 Å². The Labute approximate surface area is 110 Å². The predicted octanol–water partition coefficient (Wildman–Crippen LogP) is 2.48. The van der Waals surface area contributed by atoms with E-state index in [2.05, 4.69) is 0 Å². The minimum Gasteiger partial charge on any atom is -0.458 e. The molecule has 0 fully saturated rings. The molecule has 0 spiro atoms. The van der Waals surface area contributed by atoms with E-state index in [1.54, 1.807) is 12.1 Å². The number of carbonyl (C=O) groups excluding carboxylic acids is 1. The van der Waals surface area contributed by atoms with Gasteiger partial charge >= 0.3 is 5.97 Å². The maximum atomic E-state index is 11.6. The molecular weight excluding hydrogens is 256 g/mol. The van der Waals surface area contributed by atoms with E-state index in [1.807, 2.05) is 18.2 Å². The van der Waals surface area contributed by atoms with E-state index in [4.69, 9.17) is 25.8 Å². The zero-order valence-corrected chi connectivity index (χ0v) is 10.6. The Kier molecular flexibility index (Phi) is 4.36. The summed E-state index contributed by atoms with van der Waals surface area (Å²) in [5.41, 5.74) is 1.18. The van der Waals surface area contributed by atoms with Crippen LogP contribution in [-0.2, 0) is 19.0 Å². The maximum absolute atomic E-state index is 11.6. The molecule has 0 N–H and O–H groups in total. The molecule has 1 aliphatic heterocycles. The average Bonchev–Trinajstić information content (AvgIpc) is 2.78. The van der Waals surface area contributed by atoms with Crippen molar-refractivity contribution < 1.29 is 19.0 Å². The monoisotopic (exact) mass is 268 g/mol. The third-order valence-electron chi connectivity index (χ3n) is 2.58. The average molecular weight is 269 g/mol. The van der Waals surface area contributed by atoms with Crippen LogP contribution in [0.4, 0.5) is 0 Å². The van der Waals surface area contributed by atoms with Crippen LogP contribution in [0.2, 0.25) is 5.02 Å². The fraction of sp³-hybridized carbons (Fsp3) is 0.308. The van der Waals surface area contributed by atoms with Crippen molar-refractivity contribution in [3.63, 3.8) is 0 Å². The number of hydrogen-bond acceptors (Lipinski definition) is 4. The zero-order valence-electron chi connectivity index (χ0n) is 9.89. The lowest BCUT2D eigenvalue weighted by atomic mass is 10.0. The summed E-state index contributed by atoms with van der Waals surface area (Å²) in [4.78, 5) is 11.6. The molecule has 1 unspecified atom stereocenters. The molecule has 0 amide bonds. The Balaban J connectivity index is 2.31. The number of carbonyl (C=O) groups is 1. The van der Waals surface area contributed by atoms with E-state index in [0.29, 0.717) is 10.6 Å². The van der Waals surface area contributed by atoms with Crippen molar-refractivity contribution in [3.05, 3.63) is 46.5 Å². The number of hydrogen-bond donors (Lipinski definition) is 0. The first-order valence-corrected chi connectivity index (χ1v) is 5.84. The van der Waals surface area contributed by atoms with Gasteiger partial charge in [-0.3, -0.25) is 0 Å². The van der Waals surface area contributed by atoms with Gasteiger partial charge in [-0.1, -0.05) is 29.8 Å². The largest absolute Gasteiger partial charge is 0.458 e. The van der Waals surface area contributed by atoms with Crippen molar-refractivity contribution in [3.8, 4) is 0 Å². The molecule has 5 heteroatoms. The molecule has 18 heavy (non-hydrogen) atoms. The third kappa shape index (κ3) is 2.72. The second kappa shape index (κ2) is 6.00. The highest BCUT2D eigenvalue weighted by molar-refractivity contribution is 6.31. The normalized spacial score (nSPS) is 16.3. The fourth-order valence-electron chi connectivity index (χ4n) is 1.76. The molecule has 0 bridgehead atoms. The summed E-state index contributed by atoms with van der Waals surface area (Å²) in [6, 6.07) is 7.22. The molecule has 0 aromatic heterocycles. The Hall–Kier alpha value is -1.36. The van der Waals surface area contributed by atoms with Crippen molar-refractivity contribution >= 4 is 17.6 Å². The highest BCUT2D eigenvalue weighted by Crippen LogP contribution is 2.33. The summed E-state index contributed by atoms with van der Waals surface area (Å²) in [6.45, 7) is 0.339. The van der Waals surface area contributed by atoms with Crippen LogP contribution < -0.4 is 0 Å². The van der Waals surface area contributed by atoms with E-state index in [-0.39, 0.29) is 19.4 Å². The number of ether oxygens (including phenoxy) is 3. The number of methoxy groups -OCH3 is 1. The first-order valence-electron chi connectivity index (χ1n) is 5.46. The van der Waals surface area contributed by atoms with E-state index in [1.165, 1.54) is 7.11 Å². The van der Waals surface area contributed by atoms with Gasteiger partial charge in [0, 0.05) is 17.7 Å². The van der Waals surface area contributed by atoms with Crippen LogP contribution in [0.1, 0.15) is 11.7 Å². The van der Waals surface area contributed by atoms with Gasteiger partial charge in [0.05, 0.1) is 5.57 Å². The number of rotatable bonds is 5. The van der Waals surface area contributed by atoms with Crippen LogP contribution in [0, 0.1) is 0 Å². The summed E-state index contributed by atoms with van der Waals surface area (Å²) in [6.07, 6.45) is 1.14. The van der Waals surface area contributed by atoms with Crippen molar-refractivity contribution in [1.29, 1.82) is 0 Å². The quantitative estimate of drug-likeness (QED) is 0.608. The van der Waals surface area contributed by atoms with Gasteiger partial charge in [0.1, 0.15) is 19.5 Å².